The maximum absolute atomic E-state index is 13.0. The van der Waals surface area contributed by atoms with Crippen molar-refractivity contribution in [2.75, 3.05) is 5.32 Å². The van der Waals surface area contributed by atoms with Gasteiger partial charge >= 0.3 is 0 Å². The molecule has 0 aliphatic carbocycles. The van der Waals surface area contributed by atoms with Gasteiger partial charge < -0.3 is 5.32 Å². The number of anilines is 1. The first-order valence-corrected chi connectivity index (χ1v) is 11.5. The number of amides is 1. The second-order valence-corrected chi connectivity index (χ2v) is 9.79. The van der Waals surface area contributed by atoms with Crippen LogP contribution in [0.3, 0.4) is 0 Å². The van der Waals surface area contributed by atoms with E-state index in [1.54, 1.807) is 30.0 Å². The fourth-order valence-corrected chi connectivity index (χ4v) is 5.25. The van der Waals surface area contributed by atoms with Crippen LogP contribution in [0.4, 0.5) is 10.1 Å². The summed E-state index contributed by atoms with van der Waals surface area (Å²) in [5, 5.41) is 2.79. The number of halogens is 1. The minimum Gasteiger partial charge on any atom is -0.321 e. The van der Waals surface area contributed by atoms with E-state index in [4.69, 9.17) is 0 Å². The van der Waals surface area contributed by atoms with Gasteiger partial charge in [-0.3, -0.25) is 9.78 Å². The van der Waals surface area contributed by atoms with E-state index in [2.05, 4.69) is 48.4 Å². The maximum atomic E-state index is 13.0. The largest absolute Gasteiger partial charge is 0.321 e. The summed E-state index contributed by atoms with van der Waals surface area (Å²) in [7, 11) is 0. The molecule has 156 valence electrons. The average molecular weight is 449 g/mol. The SMILES string of the molecule is CC(C)c1ccccc1-c1cncc(Sc2ccc(C(=O)Nc3ccc(F)cc3)s2)c1. The molecule has 1 N–H and O–H groups in total. The van der Waals surface area contributed by atoms with Gasteiger partial charge in [-0.2, -0.15) is 0 Å². The smallest absolute Gasteiger partial charge is 0.265 e. The Labute approximate surface area is 189 Å². The van der Waals surface area contributed by atoms with Crippen LogP contribution in [-0.2, 0) is 0 Å². The number of nitrogens with one attached hydrogen (secondary N) is 1. The Morgan fingerprint density at radius 3 is 2.58 bits per heavy atom. The number of carbonyl (C=O) groups is 1. The van der Waals surface area contributed by atoms with E-state index in [0.29, 0.717) is 16.5 Å². The lowest BCUT2D eigenvalue weighted by Gasteiger charge is -2.13. The highest BCUT2D eigenvalue weighted by Crippen LogP contribution is 2.36. The van der Waals surface area contributed by atoms with E-state index in [0.717, 1.165) is 14.7 Å². The first kappa shape index (κ1) is 21.3. The van der Waals surface area contributed by atoms with Gasteiger partial charge in [0.15, 0.2) is 0 Å². The molecule has 0 spiro atoms. The lowest BCUT2D eigenvalue weighted by Crippen LogP contribution is -2.09. The second kappa shape index (κ2) is 9.45. The van der Waals surface area contributed by atoms with Crippen LogP contribution in [0.1, 0.15) is 35.0 Å². The van der Waals surface area contributed by atoms with Crippen LogP contribution >= 0.6 is 23.1 Å². The van der Waals surface area contributed by atoms with Gasteiger partial charge in [0.05, 0.1) is 9.09 Å². The van der Waals surface area contributed by atoms with E-state index < -0.39 is 0 Å². The third kappa shape index (κ3) is 5.21. The van der Waals surface area contributed by atoms with Crippen LogP contribution < -0.4 is 5.32 Å². The standard InChI is InChI=1S/C25H21FN2OS2/c1-16(2)21-5-3-4-6-22(21)17-13-20(15-27-14-17)30-24-12-11-23(31-24)25(29)28-19-9-7-18(26)8-10-19/h3-16H,1-2H3,(H,28,29). The highest BCUT2D eigenvalue weighted by Gasteiger charge is 2.12. The van der Waals surface area contributed by atoms with Crippen LogP contribution in [0, 0.1) is 5.82 Å². The van der Waals surface area contributed by atoms with Crippen molar-refractivity contribution in [2.45, 2.75) is 28.9 Å². The minimum atomic E-state index is -0.334. The zero-order valence-electron chi connectivity index (χ0n) is 17.1. The lowest BCUT2D eigenvalue weighted by atomic mass is 9.93. The maximum Gasteiger partial charge on any atom is 0.265 e. The number of hydrogen-bond donors (Lipinski definition) is 1. The molecule has 3 nitrogen and oxygen atoms in total. The van der Waals surface area contributed by atoms with Crippen molar-refractivity contribution in [3.8, 4) is 11.1 Å². The molecular formula is C25H21FN2OS2. The Hall–Kier alpha value is -2.96. The number of pyridine rings is 1. The van der Waals surface area contributed by atoms with Crippen molar-refractivity contribution in [3.05, 3.63) is 95.4 Å². The Kier molecular flexibility index (Phi) is 6.49. The lowest BCUT2D eigenvalue weighted by molar-refractivity contribution is 0.103. The fraction of sp³-hybridized carbons (Fsp3) is 0.120. The fourth-order valence-electron chi connectivity index (χ4n) is 3.22. The molecule has 0 fully saturated rings. The molecule has 0 saturated carbocycles. The monoisotopic (exact) mass is 448 g/mol. The van der Waals surface area contributed by atoms with Crippen LogP contribution in [0.15, 0.2) is 88.2 Å². The molecule has 0 atom stereocenters. The van der Waals surface area contributed by atoms with E-state index in [-0.39, 0.29) is 11.7 Å². The van der Waals surface area contributed by atoms with Crippen molar-refractivity contribution in [1.82, 2.24) is 4.98 Å². The van der Waals surface area contributed by atoms with Gasteiger partial charge in [-0.15, -0.1) is 11.3 Å². The third-order valence-corrected chi connectivity index (χ3v) is 6.91. The molecule has 0 aliphatic rings. The Morgan fingerprint density at radius 1 is 1.03 bits per heavy atom. The van der Waals surface area contributed by atoms with Gasteiger partial charge in [-0.25, -0.2) is 4.39 Å². The molecule has 0 radical (unpaired) electrons. The number of benzene rings is 2. The number of aromatic nitrogens is 1. The molecule has 4 rings (SSSR count). The summed E-state index contributed by atoms with van der Waals surface area (Å²) in [6.07, 6.45) is 3.73. The predicted molar refractivity (Wildman–Crippen MR) is 127 cm³/mol. The third-order valence-electron chi connectivity index (χ3n) is 4.73. The molecule has 0 bridgehead atoms. The number of thiophene rings is 1. The van der Waals surface area contributed by atoms with E-state index in [1.165, 1.54) is 34.6 Å². The molecule has 0 unspecified atom stereocenters. The van der Waals surface area contributed by atoms with E-state index in [9.17, 15) is 9.18 Å². The molecule has 0 saturated heterocycles. The van der Waals surface area contributed by atoms with Crippen LogP contribution in [0.2, 0.25) is 0 Å². The molecule has 2 aromatic carbocycles. The minimum absolute atomic E-state index is 0.207. The summed E-state index contributed by atoms with van der Waals surface area (Å²) in [5.41, 5.74) is 4.13. The van der Waals surface area contributed by atoms with Gasteiger partial charge in [-0.05, 0) is 59.5 Å². The van der Waals surface area contributed by atoms with Gasteiger partial charge in [-0.1, -0.05) is 49.9 Å². The number of nitrogens with zero attached hydrogens (tertiary/aromatic N) is 1. The highest BCUT2D eigenvalue weighted by atomic mass is 32.2. The molecule has 31 heavy (non-hydrogen) atoms. The van der Waals surface area contributed by atoms with Crippen molar-refractivity contribution in [1.29, 1.82) is 0 Å². The van der Waals surface area contributed by atoms with Crippen LogP contribution in [-0.4, -0.2) is 10.9 Å². The summed E-state index contributed by atoms with van der Waals surface area (Å²) in [4.78, 5) is 18.5. The number of carbonyl (C=O) groups excluding carboxylic acids is 1. The number of hydrogen-bond acceptors (Lipinski definition) is 4. The molecular weight excluding hydrogens is 427 g/mol. The van der Waals surface area contributed by atoms with Crippen molar-refractivity contribution in [2.24, 2.45) is 0 Å². The molecule has 0 aliphatic heterocycles. The van der Waals surface area contributed by atoms with Gasteiger partial charge in [0.2, 0.25) is 0 Å². The highest BCUT2D eigenvalue weighted by molar-refractivity contribution is 8.01. The van der Waals surface area contributed by atoms with E-state index in [1.807, 2.05) is 24.5 Å². The predicted octanol–water partition coefficient (Wildman–Crippen LogP) is 7.48. The van der Waals surface area contributed by atoms with E-state index >= 15 is 0 Å². The summed E-state index contributed by atoms with van der Waals surface area (Å²) >= 11 is 3.00. The molecule has 2 heterocycles. The van der Waals surface area contributed by atoms with Crippen molar-refractivity contribution in [3.63, 3.8) is 0 Å². The van der Waals surface area contributed by atoms with Crippen LogP contribution in [0.25, 0.3) is 11.1 Å². The Balaban J connectivity index is 1.50. The van der Waals surface area contributed by atoms with Gasteiger partial charge in [0.25, 0.3) is 5.91 Å². The Bertz CT molecular complexity index is 1200. The topological polar surface area (TPSA) is 42.0 Å². The average Bonchev–Trinajstić information content (AvgIpc) is 3.24. The molecule has 1 amide bonds. The first-order valence-electron chi connectivity index (χ1n) is 9.88. The Morgan fingerprint density at radius 2 is 1.81 bits per heavy atom. The van der Waals surface area contributed by atoms with Crippen molar-refractivity contribution >= 4 is 34.7 Å². The van der Waals surface area contributed by atoms with Crippen molar-refractivity contribution < 1.29 is 9.18 Å². The first-order chi connectivity index (χ1) is 15.0. The molecule has 4 aromatic rings. The van der Waals surface area contributed by atoms with Crippen LogP contribution in [0.5, 0.6) is 0 Å². The zero-order valence-corrected chi connectivity index (χ0v) is 18.8. The normalized spacial score (nSPS) is 11.0. The summed E-state index contributed by atoms with van der Waals surface area (Å²) in [6.45, 7) is 4.38. The summed E-state index contributed by atoms with van der Waals surface area (Å²) < 4.78 is 14.0. The zero-order chi connectivity index (χ0) is 21.8. The number of rotatable bonds is 6. The summed E-state index contributed by atoms with van der Waals surface area (Å²) in [5.74, 6) is -0.118. The molecule has 2 aromatic heterocycles. The summed E-state index contributed by atoms with van der Waals surface area (Å²) in [6, 6.07) is 20.0. The van der Waals surface area contributed by atoms with Gasteiger partial charge in [0, 0.05) is 28.5 Å². The second-order valence-electron chi connectivity index (χ2n) is 7.33. The molecule has 6 heteroatoms. The quantitative estimate of drug-likeness (QED) is 0.332. The van der Waals surface area contributed by atoms with Gasteiger partial charge in [0.1, 0.15) is 5.82 Å².